The molecule has 1 aromatic heterocycles. The van der Waals surface area contributed by atoms with Crippen molar-refractivity contribution in [3.63, 3.8) is 0 Å². The Kier molecular flexibility index (Phi) is 4.07. The monoisotopic (exact) mass is 311 g/mol. The summed E-state index contributed by atoms with van der Waals surface area (Å²) in [7, 11) is 1.16. The van der Waals surface area contributed by atoms with Crippen molar-refractivity contribution in [2.24, 2.45) is 0 Å². The van der Waals surface area contributed by atoms with E-state index in [0.29, 0.717) is 10.6 Å². The maximum absolute atomic E-state index is 12.2. The zero-order valence-electron chi connectivity index (χ0n) is 12.7. The second kappa shape index (κ2) is 5.66. The fourth-order valence-corrected chi connectivity index (χ4v) is 1.98. The minimum absolute atomic E-state index is 0.370. The average Bonchev–Trinajstić information content (AvgIpc) is 3.02. The number of amides is 2. The van der Waals surface area contributed by atoms with E-state index >= 15 is 0 Å². The van der Waals surface area contributed by atoms with Gasteiger partial charge < -0.3 is 19.2 Å². The molecule has 2 atom stereocenters. The molecule has 1 aromatic rings. The van der Waals surface area contributed by atoms with Gasteiger partial charge in [0, 0.05) is 0 Å². The van der Waals surface area contributed by atoms with Gasteiger partial charge in [0.2, 0.25) is 0 Å². The molecule has 1 N–H and O–H groups in total. The summed E-state index contributed by atoms with van der Waals surface area (Å²) in [6.07, 6.45) is -0.228. The third-order valence-electron chi connectivity index (χ3n) is 2.85. The second-order valence-electron chi connectivity index (χ2n) is 5.63. The van der Waals surface area contributed by atoms with Crippen LogP contribution in [-0.2, 0) is 19.0 Å². The Morgan fingerprint density at radius 2 is 2.09 bits per heavy atom. The molecule has 120 valence electrons. The standard InChI is InChI=1S/C13H17N3O6/c1-13(2,3)22-12(19)16-8(10(17)20-4)9(21-11(16)18)7-5-14-6-15-7/h5-6,8-9H,1-4H3,(H,14,15)/t8-,9+/m0/s1. The van der Waals surface area contributed by atoms with E-state index in [0.717, 1.165) is 7.11 Å². The number of rotatable bonds is 2. The summed E-state index contributed by atoms with van der Waals surface area (Å²) >= 11 is 0. The largest absolute Gasteiger partial charge is 0.467 e. The average molecular weight is 311 g/mol. The highest BCUT2D eigenvalue weighted by molar-refractivity contribution is 5.96. The van der Waals surface area contributed by atoms with Gasteiger partial charge in [0.25, 0.3) is 0 Å². The van der Waals surface area contributed by atoms with Gasteiger partial charge in [-0.2, -0.15) is 4.90 Å². The molecule has 9 nitrogen and oxygen atoms in total. The number of aromatic nitrogens is 2. The lowest BCUT2D eigenvalue weighted by Crippen LogP contribution is -2.47. The van der Waals surface area contributed by atoms with Gasteiger partial charge in [-0.15, -0.1) is 0 Å². The Morgan fingerprint density at radius 1 is 1.41 bits per heavy atom. The minimum atomic E-state index is -1.28. The molecule has 22 heavy (non-hydrogen) atoms. The fraction of sp³-hybridized carbons (Fsp3) is 0.538. The van der Waals surface area contributed by atoms with Crippen molar-refractivity contribution in [3.8, 4) is 0 Å². The first-order valence-electron chi connectivity index (χ1n) is 6.53. The molecule has 1 fully saturated rings. The predicted molar refractivity (Wildman–Crippen MR) is 71.7 cm³/mol. The second-order valence-corrected chi connectivity index (χ2v) is 5.63. The molecule has 1 aliphatic rings. The van der Waals surface area contributed by atoms with Crippen LogP contribution in [0.5, 0.6) is 0 Å². The van der Waals surface area contributed by atoms with Crippen molar-refractivity contribution in [3.05, 3.63) is 18.2 Å². The highest BCUT2D eigenvalue weighted by Gasteiger charge is 2.53. The van der Waals surface area contributed by atoms with Crippen molar-refractivity contribution in [1.82, 2.24) is 14.9 Å². The maximum atomic E-state index is 12.2. The number of hydrogen-bond acceptors (Lipinski definition) is 7. The molecular formula is C13H17N3O6. The first-order valence-corrected chi connectivity index (χ1v) is 6.53. The minimum Gasteiger partial charge on any atom is -0.467 e. The Hall–Kier alpha value is -2.58. The number of imidazole rings is 1. The number of esters is 1. The quantitative estimate of drug-likeness (QED) is 0.648. The number of hydrogen-bond donors (Lipinski definition) is 1. The van der Waals surface area contributed by atoms with E-state index in [1.165, 1.54) is 12.5 Å². The molecule has 2 heterocycles. The van der Waals surface area contributed by atoms with Crippen molar-refractivity contribution in [1.29, 1.82) is 0 Å². The lowest BCUT2D eigenvalue weighted by Gasteiger charge is -2.25. The zero-order valence-corrected chi connectivity index (χ0v) is 12.7. The van der Waals surface area contributed by atoms with Crippen LogP contribution in [0.15, 0.2) is 12.5 Å². The first kappa shape index (κ1) is 15.8. The summed E-state index contributed by atoms with van der Waals surface area (Å²) in [5.74, 6) is -0.795. The highest BCUT2D eigenvalue weighted by atomic mass is 16.6. The van der Waals surface area contributed by atoms with E-state index in [9.17, 15) is 14.4 Å². The zero-order chi connectivity index (χ0) is 16.5. The van der Waals surface area contributed by atoms with Gasteiger partial charge in [-0.05, 0) is 20.8 Å². The van der Waals surface area contributed by atoms with Crippen molar-refractivity contribution >= 4 is 18.2 Å². The summed E-state index contributed by atoms with van der Waals surface area (Å²) in [6, 6.07) is -1.28. The Balaban J connectivity index is 2.33. The molecule has 0 bridgehead atoms. The van der Waals surface area contributed by atoms with Crippen LogP contribution >= 0.6 is 0 Å². The number of aromatic amines is 1. The smallest absolute Gasteiger partial charge is 0.421 e. The number of imide groups is 1. The Bertz CT molecular complexity index is 577. The molecule has 2 amide bonds. The molecular weight excluding hydrogens is 294 g/mol. The number of H-pyrrole nitrogens is 1. The number of cyclic esters (lactones) is 1. The number of methoxy groups -OCH3 is 1. The van der Waals surface area contributed by atoms with Crippen LogP contribution < -0.4 is 0 Å². The number of nitrogens with one attached hydrogen (secondary N) is 1. The van der Waals surface area contributed by atoms with Crippen LogP contribution in [0.4, 0.5) is 9.59 Å². The molecule has 0 saturated carbocycles. The predicted octanol–water partition coefficient (Wildman–Crippen LogP) is 1.38. The third kappa shape index (κ3) is 3.02. The molecule has 0 spiro atoms. The fourth-order valence-electron chi connectivity index (χ4n) is 1.98. The van der Waals surface area contributed by atoms with E-state index in [4.69, 9.17) is 9.47 Å². The lowest BCUT2D eigenvalue weighted by atomic mass is 10.1. The van der Waals surface area contributed by atoms with Crippen LogP contribution in [0.25, 0.3) is 0 Å². The van der Waals surface area contributed by atoms with Crippen molar-refractivity contribution < 1.29 is 28.6 Å². The number of carbonyl (C=O) groups is 3. The van der Waals surface area contributed by atoms with E-state index in [-0.39, 0.29) is 0 Å². The summed E-state index contributed by atoms with van der Waals surface area (Å²) in [5, 5.41) is 0. The van der Waals surface area contributed by atoms with E-state index in [2.05, 4.69) is 14.7 Å². The SMILES string of the molecule is COC(=O)[C@@H]1[C@@H](c2cnc[nH]2)OC(=O)N1C(=O)OC(C)(C)C. The van der Waals surface area contributed by atoms with Gasteiger partial charge in [0.05, 0.1) is 25.3 Å². The molecule has 9 heteroatoms. The summed E-state index contributed by atoms with van der Waals surface area (Å²) < 4.78 is 14.9. The van der Waals surface area contributed by atoms with Crippen LogP contribution in [-0.4, -0.2) is 51.8 Å². The van der Waals surface area contributed by atoms with Crippen molar-refractivity contribution in [2.45, 2.75) is 38.5 Å². The molecule has 0 aliphatic carbocycles. The van der Waals surface area contributed by atoms with Crippen molar-refractivity contribution in [2.75, 3.05) is 7.11 Å². The van der Waals surface area contributed by atoms with Crippen LogP contribution in [0.1, 0.15) is 32.6 Å². The third-order valence-corrected chi connectivity index (χ3v) is 2.85. The summed E-state index contributed by atoms with van der Waals surface area (Å²) in [4.78, 5) is 43.4. The molecule has 1 aliphatic heterocycles. The van der Waals surface area contributed by atoms with E-state index in [1.807, 2.05) is 0 Å². The Labute approximate surface area is 126 Å². The first-order chi connectivity index (χ1) is 10.2. The lowest BCUT2D eigenvalue weighted by molar-refractivity contribution is -0.146. The van der Waals surface area contributed by atoms with Gasteiger partial charge in [-0.1, -0.05) is 0 Å². The number of carbonyl (C=O) groups excluding carboxylic acids is 3. The molecule has 0 aromatic carbocycles. The van der Waals surface area contributed by atoms with Crippen LogP contribution in [0, 0.1) is 0 Å². The molecule has 0 unspecified atom stereocenters. The molecule has 0 radical (unpaired) electrons. The topological polar surface area (TPSA) is 111 Å². The summed E-state index contributed by atoms with van der Waals surface area (Å²) in [5.41, 5.74) is -0.459. The van der Waals surface area contributed by atoms with Gasteiger partial charge in [0.15, 0.2) is 12.1 Å². The van der Waals surface area contributed by atoms with Crippen LogP contribution in [0.3, 0.4) is 0 Å². The molecule has 2 rings (SSSR count). The maximum Gasteiger partial charge on any atom is 0.421 e. The van der Waals surface area contributed by atoms with Gasteiger partial charge >= 0.3 is 18.2 Å². The van der Waals surface area contributed by atoms with Crippen LogP contribution in [0.2, 0.25) is 0 Å². The van der Waals surface area contributed by atoms with E-state index in [1.54, 1.807) is 20.8 Å². The normalized spacial score (nSPS) is 21.5. The van der Waals surface area contributed by atoms with Gasteiger partial charge in [0.1, 0.15) is 5.60 Å². The number of ether oxygens (including phenoxy) is 3. The Morgan fingerprint density at radius 3 is 2.59 bits per heavy atom. The highest BCUT2D eigenvalue weighted by Crippen LogP contribution is 2.33. The van der Waals surface area contributed by atoms with Gasteiger partial charge in [-0.25, -0.2) is 19.4 Å². The van der Waals surface area contributed by atoms with Gasteiger partial charge in [-0.3, -0.25) is 0 Å². The van der Waals surface area contributed by atoms with E-state index < -0.39 is 35.9 Å². The summed E-state index contributed by atoms with van der Waals surface area (Å²) in [6.45, 7) is 4.93. The molecule has 1 saturated heterocycles. The number of nitrogens with zero attached hydrogens (tertiary/aromatic N) is 2.